The van der Waals surface area contributed by atoms with Crippen molar-refractivity contribution >= 4 is 29.1 Å². The largest absolute Gasteiger partial charge is 0.311 e. The molecule has 1 aromatic carbocycles. The Kier molecular flexibility index (Phi) is 4.10. The molecule has 0 fully saturated rings. The molecule has 2 aromatic rings. The van der Waals surface area contributed by atoms with Crippen molar-refractivity contribution in [3.05, 3.63) is 55.6 Å². The predicted molar refractivity (Wildman–Crippen MR) is 75.9 cm³/mol. The van der Waals surface area contributed by atoms with Gasteiger partial charge in [-0.2, -0.15) is 0 Å². The Bertz CT molecular complexity index is 748. The molecule has 1 heterocycles. The van der Waals surface area contributed by atoms with Gasteiger partial charge in [0, 0.05) is 16.7 Å². The van der Waals surface area contributed by atoms with Crippen LogP contribution in [0.15, 0.2) is 34.1 Å². The molecule has 5 nitrogen and oxygen atoms in total. The molecule has 8 heteroatoms. The molecule has 0 saturated heterocycles. The first-order valence-corrected chi connectivity index (χ1v) is 6.95. The second-order valence-corrected chi connectivity index (χ2v) is 5.06. The highest BCUT2D eigenvalue weighted by Crippen LogP contribution is 2.30. The van der Waals surface area contributed by atoms with Gasteiger partial charge in [-0.1, -0.05) is 11.6 Å². The molecule has 0 unspecified atom stereocenters. The van der Waals surface area contributed by atoms with Crippen LogP contribution < -0.4 is 5.56 Å². The maximum absolute atomic E-state index is 13.8. The Hall–Kier alpha value is -1.86. The topological polar surface area (TPSA) is 76.0 Å². The molecule has 0 saturated carbocycles. The van der Waals surface area contributed by atoms with Crippen LogP contribution in [0.3, 0.4) is 0 Å². The summed E-state index contributed by atoms with van der Waals surface area (Å²) < 4.78 is 13.8. The third kappa shape index (κ3) is 2.68. The molecule has 0 amide bonds. The van der Waals surface area contributed by atoms with Crippen LogP contribution in [0.2, 0.25) is 5.02 Å². The van der Waals surface area contributed by atoms with Gasteiger partial charge in [-0.25, -0.2) is 4.39 Å². The maximum atomic E-state index is 13.8. The van der Waals surface area contributed by atoms with E-state index in [-0.39, 0.29) is 26.9 Å². The van der Waals surface area contributed by atoms with Crippen LogP contribution in [-0.2, 0) is 0 Å². The Morgan fingerprint density at radius 2 is 2.05 bits per heavy atom. The number of nitrogens with zero attached hydrogens (tertiary/aromatic N) is 1. The lowest BCUT2D eigenvalue weighted by Crippen LogP contribution is -2.12. The SMILES string of the molecule is CSc1[nH]c(=O)c(-c2cc(Cl)ccc2F)cc1[N+](=O)[O-]. The molecule has 0 aliphatic rings. The zero-order valence-corrected chi connectivity index (χ0v) is 11.7. The van der Waals surface area contributed by atoms with Crippen molar-refractivity contribution in [1.82, 2.24) is 4.98 Å². The number of aromatic amines is 1. The molecule has 20 heavy (non-hydrogen) atoms. The molecule has 1 aromatic heterocycles. The summed E-state index contributed by atoms with van der Waals surface area (Å²) in [5.74, 6) is -0.675. The Morgan fingerprint density at radius 3 is 2.65 bits per heavy atom. The van der Waals surface area contributed by atoms with E-state index in [4.69, 9.17) is 11.6 Å². The van der Waals surface area contributed by atoms with Crippen molar-refractivity contribution in [2.75, 3.05) is 6.26 Å². The average Bonchev–Trinajstić information content (AvgIpc) is 2.41. The van der Waals surface area contributed by atoms with Crippen molar-refractivity contribution in [3.63, 3.8) is 0 Å². The van der Waals surface area contributed by atoms with E-state index in [9.17, 15) is 19.3 Å². The van der Waals surface area contributed by atoms with Crippen LogP contribution in [0.25, 0.3) is 11.1 Å². The van der Waals surface area contributed by atoms with Crippen molar-refractivity contribution < 1.29 is 9.31 Å². The number of aromatic nitrogens is 1. The van der Waals surface area contributed by atoms with Crippen LogP contribution in [-0.4, -0.2) is 16.2 Å². The fourth-order valence-corrected chi connectivity index (χ4v) is 2.41. The van der Waals surface area contributed by atoms with Crippen molar-refractivity contribution in [1.29, 1.82) is 0 Å². The third-order valence-electron chi connectivity index (χ3n) is 2.60. The molecule has 0 aliphatic carbocycles. The molecule has 0 atom stereocenters. The monoisotopic (exact) mass is 314 g/mol. The van der Waals surface area contributed by atoms with E-state index >= 15 is 0 Å². The minimum absolute atomic E-state index is 0.0745. The van der Waals surface area contributed by atoms with Crippen LogP contribution in [0, 0.1) is 15.9 Å². The average molecular weight is 315 g/mol. The lowest BCUT2D eigenvalue weighted by Gasteiger charge is -2.05. The van der Waals surface area contributed by atoms with Crippen molar-refractivity contribution in [3.8, 4) is 11.1 Å². The third-order valence-corrected chi connectivity index (χ3v) is 3.56. The summed E-state index contributed by atoms with van der Waals surface area (Å²) in [5, 5.41) is 11.3. The first kappa shape index (κ1) is 14.5. The van der Waals surface area contributed by atoms with E-state index in [0.29, 0.717) is 0 Å². The highest BCUT2D eigenvalue weighted by molar-refractivity contribution is 7.98. The standard InChI is InChI=1S/C12H8ClFN2O3S/c1-20-12-10(16(18)19)5-8(11(17)15-12)7-4-6(13)2-3-9(7)14/h2-5H,1H3,(H,15,17). The van der Waals surface area contributed by atoms with Gasteiger partial charge in [0.2, 0.25) is 0 Å². The Morgan fingerprint density at radius 1 is 1.35 bits per heavy atom. The quantitative estimate of drug-likeness (QED) is 0.534. The Labute approximate surface area is 121 Å². The van der Waals surface area contributed by atoms with Gasteiger partial charge in [-0.05, 0) is 24.5 Å². The fourth-order valence-electron chi connectivity index (χ4n) is 1.70. The van der Waals surface area contributed by atoms with Crippen molar-refractivity contribution in [2.45, 2.75) is 5.03 Å². The van der Waals surface area contributed by atoms with Gasteiger partial charge in [0.15, 0.2) is 5.03 Å². The number of nitro groups is 1. The molecule has 0 radical (unpaired) electrons. The number of pyridine rings is 1. The van der Waals surface area contributed by atoms with Gasteiger partial charge in [-0.3, -0.25) is 14.9 Å². The van der Waals surface area contributed by atoms with E-state index in [1.165, 1.54) is 12.1 Å². The van der Waals surface area contributed by atoms with E-state index in [1.807, 2.05) is 0 Å². The van der Waals surface area contributed by atoms with Crippen molar-refractivity contribution in [2.24, 2.45) is 0 Å². The normalized spacial score (nSPS) is 10.6. The van der Waals surface area contributed by atoms with Gasteiger partial charge < -0.3 is 4.98 Å². The second-order valence-electron chi connectivity index (χ2n) is 3.81. The second kappa shape index (κ2) is 5.64. The number of nitrogens with one attached hydrogen (secondary N) is 1. The first-order valence-electron chi connectivity index (χ1n) is 5.35. The molecular formula is C12H8ClFN2O3S. The number of hydrogen-bond acceptors (Lipinski definition) is 4. The van der Waals surface area contributed by atoms with Crippen LogP contribution >= 0.6 is 23.4 Å². The Balaban J connectivity index is 2.75. The number of halogens is 2. The minimum Gasteiger partial charge on any atom is -0.311 e. The smallest absolute Gasteiger partial charge is 0.300 e. The van der Waals surface area contributed by atoms with Gasteiger partial charge >= 0.3 is 0 Å². The summed E-state index contributed by atoms with van der Waals surface area (Å²) in [4.78, 5) is 24.7. The van der Waals surface area contributed by atoms with E-state index < -0.39 is 16.3 Å². The minimum atomic E-state index is -0.675. The fraction of sp³-hybridized carbons (Fsp3) is 0.0833. The number of hydrogen-bond donors (Lipinski definition) is 1. The number of rotatable bonds is 3. The van der Waals surface area contributed by atoms with Crippen LogP contribution in [0.1, 0.15) is 0 Å². The number of H-pyrrole nitrogens is 1. The lowest BCUT2D eigenvalue weighted by atomic mass is 10.1. The molecule has 104 valence electrons. The van der Waals surface area contributed by atoms with Gasteiger partial charge in [0.1, 0.15) is 5.82 Å². The lowest BCUT2D eigenvalue weighted by molar-refractivity contribution is -0.388. The zero-order valence-electron chi connectivity index (χ0n) is 10.1. The van der Waals surface area contributed by atoms with Gasteiger partial charge in [0.25, 0.3) is 11.2 Å². The van der Waals surface area contributed by atoms with E-state index in [2.05, 4.69) is 4.98 Å². The summed E-state index contributed by atoms with van der Waals surface area (Å²) in [5.41, 5.74) is -1.10. The predicted octanol–water partition coefficient (Wildman–Crippen LogP) is 3.46. The van der Waals surface area contributed by atoms with Gasteiger partial charge in [0.05, 0.1) is 10.5 Å². The van der Waals surface area contributed by atoms with Gasteiger partial charge in [-0.15, -0.1) is 11.8 Å². The molecular weight excluding hydrogens is 307 g/mol. The summed E-state index contributed by atoms with van der Waals surface area (Å²) >= 11 is 6.80. The van der Waals surface area contributed by atoms with Crippen LogP contribution in [0.4, 0.5) is 10.1 Å². The van der Waals surface area contributed by atoms with E-state index in [1.54, 1.807) is 6.26 Å². The summed E-state index contributed by atoms with van der Waals surface area (Å²) in [6.45, 7) is 0. The summed E-state index contributed by atoms with van der Waals surface area (Å²) in [6.07, 6.45) is 1.60. The molecule has 0 aliphatic heterocycles. The summed E-state index contributed by atoms with van der Waals surface area (Å²) in [7, 11) is 0. The molecule has 2 rings (SSSR count). The van der Waals surface area contributed by atoms with E-state index in [0.717, 1.165) is 23.9 Å². The molecule has 0 bridgehead atoms. The highest BCUT2D eigenvalue weighted by Gasteiger charge is 2.20. The highest BCUT2D eigenvalue weighted by atomic mass is 35.5. The first-order chi connectivity index (χ1) is 9.43. The molecule has 1 N–H and O–H groups in total. The molecule has 0 spiro atoms. The zero-order chi connectivity index (χ0) is 14.9. The maximum Gasteiger partial charge on any atom is 0.300 e. The van der Waals surface area contributed by atoms with Crippen LogP contribution in [0.5, 0.6) is 0 Å². The number of benzene rings is 1. The summed E-state index contributed by atoms with van der Waals surface area (Å²) in [6, 6.07) is 4.74. The number of thioether (sulfide) groups is 1.